The number of methoxy groups -OCH3 is 1. The molecule has 0 radical (unpaired) electrons. The minimum Gasteiger partial charge on any atom is -0.497 e. The number of nitrogens with one attached hydrogen (secondary N) is 1. The summed E-state index contributed by atoms with van der Waals surface area (Å²) in [5.74, 6) is 1.84. The maximum atomic E-state index is 13.2. The van der Waals surface area contributed by atoms with Gasteiger partial charge in [-0.15, -0.1) is 0 Å². The van der Waals surface area contributed by atoms with Crippen LogP contribution in [0.15, 0.2) is 24.3 Å². The Hall–Kier alpha value is -2.28. The zero-order chi connectivity index (χ0) is 21.2. The van der Waals surface area contributed by atoms with Crippen molar-refractivity contribution in [1.29, 1.82) is 0 Å². The van der Waals surface area contributed by atoms with E-state index in [1.165, 1.54) is 4.90 Å². The highest BCUT2D eigenvalue weighted by Gasteiger charge is 2.56. The Balaban J connectivity index is 1.54. The van der Waals surface area contributed by atoms with Gasteiger partial charge in [-0.25, -0.2) is 9.69 Å². The average Bonchev–Trinajstić information content (AvgIpc) is 2.84. The van der Waals surface area contributed by atoms with Crippen molar-refractivity contribution < 1.29 is 19.1 Å². The van der Waals surface area contributed by atoms with E-state index >= 15 is 0 Å². The Morgan fingerprint density at radius 2 is 1.83 bits per heavy atom. The van der Waals surface area contributed by atoms with E-state index in [0.717, 1.165) is 17.9 Å². The second-order valence-corrected chi connectivity index (χ2v) is 9.34. The third-order valence-corrected chi connectivity index (χ3v) is 5.81. The van der Waals surface area contributed by atoms with Gasteiger partial charge in [0, 0.05) is 6.54 Å². The molecule has 7 nitrogen and oxygen atoms in total. The van der Waals surface area contributed by atoms with E-state index in [4.69, 9.17) is 9.47 Å². The van der Waals surface area contributed by atoms with Crippen LogP contribution in [0, 0.1) is 11.3 Å². The third-order valence-electron chi connectivity index (χ3n) is 5.81. The maximum Gasteiger partial charge on any atom is 0.326 e. The Morgan fingerprint density at radius 1 is 1.17 bits per heavy atom. The van der Waals surface area contributed by atoms with Crippen molar-refractivity contribution in [1.82, 2.24) is 15.1 Å². The van der Waals surface area contributed by atoms with Crippen molar-refractivity contribution in [3.63, 3.8) is 0 Å². The molecular weight excluding hydrogens is 370 g/mol. The predicted octanol–water partition coefficient (Wildman–Crippen LogP) is 3.10. The summed E-state index contributed by atoms with van der Waals surface area (Å²) in [6, 6.07) is 7.11. The molecular formula is C22H33N3O4. The first-order valence-corrected chi connectivity index (χ1v) is 10.2. The standard InChI is InChI=1S/C22H33N3O4/c1-16-12-21(2,3)14-22(13-16)19(26)25(20(27)23-22)15-24(4)10-11-29-18-8-6-17(28-5)7-9-18/h6-9,16H,10-15H2,1-5H3,(H,23,27). The van der Waals surface area contributed by atoms with Crippen LogP contribution in [0.2, 0.25) is 0 Å². The molecule has 0 aromatic heterocycles. The largest absolute Gasteiger partial charge is 0.497 e. The number of nitrogens with zero attached hydrogens (tertiary/aromatic N) is 2. The molecule has 1 saturated carbocycles. The number of carbonyl (C=O) groups is 2. The molecule has 1 aromatic rings. The lowest BCUT2D eigenvalue weighted by Crippen LogP contribution is -2.54. The molecule has 160 valence electrons. The number of urea groups is 1. The van der Waals surface area contributed by atoms with Crippen LogP contribution >= 0.6 is 0 Å². The van der Waals surface area contributed by atoms with Gasteiger partial charge in [0.25, 0.3) is 5.91 Å². The van der Waals surface area contributed by atoms with Crippen molar-refractivity contribution in [2.45, 2.75) is 45.6 Å². The molecule has 0 bridgehead atoms. The zero-order valence-electron chi connectivity index (χ0n) is 18.2. The monoisotopic (exact) mass is 403 g/mol. The Labute approximate surface area is 173 Å². The first kappa shape index (κ1) is 21.4. The molecule has 2 atom stereocenters. The van der Waals surface area contributed by atoms with E-state index in [0.29, 0.717) is 31.9 Å². The van der Waals surface area contributed by atoms with E-state index in [2.05, 4.69) is 26.1 Å². The number of amides is 3. The second-order valence-electron chi connectivity index (χ2n) is 9.34. The van der Waals surface area contributed by atoms with Crippen molar-refractivity contribution in [2.24, 2.45) is 11.3 Å². The molecule has 2 fully saturated rings. The number of ether oxygens (including phenoxy) is 2. The third kappa shape index (κ3) is 4.83. The molecule has 2 aliphatic rings. The molecule has 1 saturated heterocycles. The summed E-state index contributed by atoms with van der Waals surface area (Å²) in [5.41, 5.74) is -0.715. The Morgan fingerprint density at radius 3 is 2.45 bits per heavy atom. The van der Waals surface area contributed by atoms with Crippen molar-refractivity contribution in [3.05, 3.63) is 24.3 Å². The molecule has 7 heteroatoms. The van der Waals surface area contributed by atoms with Gasteiger partial charge in [-0.2, -0.15) is 0 Å². The maximum absolute atomic E-state index is 13.2. The Bertz CT molecular complexity index is 749. The van der Waals surface area contributed by atoms with Crippen LogP contribution in [-0.4, -0.2) is 61.3 Å². The van der Waals surface area contributed by atoms with E-state index in [9.17, 15) is 9.59 Å². The van der Waals surface area contributed by atoms with Gasteiger partial charge in [0.05, 0.1) is 13.8 Å². The quantitative estimate of drug-likeness (QED) is 0.709. The SMILES string of the molecule is COc1ccc(OCCN(C)CN2C(=O)NC3(CC(C)CC(C)(C)C3)C2=O)cc1. The van der Waals surface area contributed by atoms with Crippen molar-refractivity contribution in [2.75, 3.05) is 34.0 Å². The fourth-order valence-electron chi connectivity index (χ4n) is 4.94. The number of carbonyl (C=O) groups excluding carboxylic acids is 2. The number of benzene rings is 1. The van der Waals surface area contributed by atoms with Gasteiger partial charge in [-0.05, 0) is 61.9 Å². The highest BCUT2D eigenvalue weighted by molar-refractivity contribution is 6.07. The lowest BCUT2D eigenvalue weighted by Gasteiger charge is -2.43. The van der Waals surface area contributed by atoms with Crippen LogP contribution in [0.4, 0.5) is 4.79 Å². The van der Waals surface area contributed by atoms with E-state index in [1.807, 2.05) is 36.2 Å². The summed E-state index contributed by atoms with van der Waals surface area (Å²) in [6.07, 6.45) is 2.47. The van der Waals surface area contributed by atoms with Crippen molar-refractivity contribution in [3.8, 4) is 11.5 Å². The topological polar surface area (TPSA) is 71.1 Å². The van der Waals surface area contributed by atoms with Crippen LogP contribution in [-0.2, 0) is 4.79 Å². The zero-order valence-corrected chi connectivity index (χ0v) is 18.2. The number of hydrogen-bond acceptors (Lipinski definition) is 5. The van der Waals surface area contributed by atoms with Gasteiger partial charge >= 0.3 is 6.03 Å². The number of hydrogen-bond donors (Lipinski definition) is 1. The Kier molecular flexibility index (Phi) is 6.08. The number of imide groups is 1. The van der Waals surface area contributed by atoms with Crippen LogP contribution in [0.25, 0.3) is 0 Å². The summed E-state index contributed by atoms with van der Waals surface area (Å²) in [4.78, 5) is 29.1. The van der Waals surface area contributed by atoms with E-state index < -0.39 is 5.54 Å². The van der Waals surface area contributed by atoms with Gasteiger partial charge < -0.3 is 14.8 Å². The molecule has 1 aromatic carbocycles. The number of rotatable bonds is 7. The molecule has 1 aliphatic heterocycles. The molecule has 3 rings (SSSR count). The highest BCUT2D eigenvalue weighted by Crippen LogP contribution is 2.46. The summed E-state index contributed by atoms with van der Waals surface area (Å²) in [7, 11) is 3.51. The summed E-state index contributed by atoms with van der Waals surface area (Å²) < 4.78 is 10.9. The van der Waals surface area contributed by atoms with Gasteiger partial charge in [0.2, 0.25) is 0 Å². The van der Waals surface area contributed by atoms with Gasteiger partial charge in [-0.3, -0.25) is 9.69 Å². The lowest BCUT2D eigenvalue weighted by molar-refractivity contribution is -0.136. The molecule has 1 heterocycles. The molecule has 2 unspecified atom stereocenters. The van der Waals surface area contributed by atoms with Gasteiger partial charge in [0.1, 0.15) is 23.6 Å². The second kappa shape index (κ2) is 8.22. The average molecular weight is 404 g/mol. The summed E-state index contributed by atoms with van der Waals surface area (Å²) in [5, 5.41) is 3.02. The normalized spacial score (nSPS) is 26.1. The van der Waals surface area contributed by atoms with Crippen LogP contribution < -0.4 is 14.8 Å². The highest BCUT2D eigenvalue weighted by atomic mass is 16.5. The minimum absolute atomic E-state index is 0.0364. The van der Waals surface area contributed by atoms with Crippen LogP contribution in [0.1, 0.15) is 40.0 Å². The van der Waals surface area contributed by atoms with E-state index in [-0.39, 0.29) is 24.0 Å². The molecule has 29 heavy (non-hydrogen) atoms. The minimum atomic E-state index is -0.751. The first-order valence-electron chi connectivity index (χ1n) is 10.2. The van der Waals surface area contributed by atoms with Crippen LogP contribution in [0.5, 0.6) is 11.5 Å². The molecule has 1 N–H and O–H groups in total. The van der Waals surface area contributed by atoms with Crippen LogP contribution in [0.3, 0.4) is 0 Å². The lowest BCUT2D eigenvalue weighted by atomic mass is 9.64. The fourth-order valence-corrected chi connectivity index (χ4v) is 4.94. The smallest absolute Gasteiger partial charge is 0.326 e. The first-order chi connectivity index (χ1) is 13.6. The van der Waals surface area contributed by atoms with Crippen molar-refractivity contribution >= 4 is 11.9 Å². The van der Waals surface area contributed by atoms with Gasteiger partial charge in [-0.1, -0.05) is 20.8 Å². The predicted molar refractivity (Wildman–Crippen MR) is 111 cm³/mol. The van der Waals surface area contributed by atoms with Gasteiger partial charge in [0.15, 0.2) is 0 Å². The fraction of sp³-hybridized carbons (Fsp3) is 0.636. The number of likely N-dealkylation sites (N-methyl/N-ethyl adjacent to an activating group) is 1. The molecule has 1 spiro atoms. The molecule has 1 aliphatic carbocycles. The van der Waals surface area contributed by atoms with E-state index in [1.54, 1.807) is 7.11 Å². The summed E-state index contributed by atoms with van der Waals surface area (Å²) in [6.45, 7) is 7.82. The molecule has 3 amide bonds. The summed E-state index contributed by atoms with van der Waals surface area (Å²) >= 11 is 0.